The van der Waals surface area contributed by atoms with Crippen LogP contribution in [-0.2, 0) is 19.4 Å². The number of carbonyl (C=O) groups is 1. The number of aryl methyl sites for hydroxylation is 3. The first-order valence-corrected chi connectivity index (χ1v) is 9.18. The zero-order valence-electron chi connectivity index (χ0n) is 15.1. The molecule has 0 radical (unpaired) electrons. The largest absolute Gasteiger partial charge is 0.488 e. The van der Waals surface area contributed by atoms with Crippen molar-refractivity contribution in [2.75, 3.05) is 0 Å². The minimum atomic E-state index is -0.931. The second-order valence-corrected chi connectivity index (χ2v) is 6.92. The zero-order chi connectivity index (χ0) is 19.2. The van der Waals surface area contributed by atoms with E-state index in [2.05, 4.69) is 12.1 Å². The van der Waals surface area contributed by atoms with Crippen LogP contribution in [0.4, 0.5) is 0 Å². The molecule has 0 amide bonds. The van der Waals surface area contributed by atoms with Gasteiger partial charge in [0.2, 0.25) is 0 Å². The molecule has 0 fully saturated rings. The van der Waals surface area contributed by atoms with Crippen LogP contribution in [0, 0.1) is 6.92 Å². The number of hydrogen-bond acceptors (Lipinski definition) is 2. The average molecular weight is 381 g/mol. The molecule has 0 unspecified atom stereocenters. The molecule has 0 spiro atoms. The van der Waals surface area contributed by atoms with Crippen molar-refractivity contribution < 1.29 is 14.6 Å². The van der Waals surface area contributed by atoms with Crippen LogP contribution in [0.3, 0.4) is 0 Å². The smallest absolute Gasteiger partial charge is 0.335 e. The first-order valence-electron chi connectivity index (χ1n) is 8.81. The van der Waals surface area contributed by atoms with Gasteiger partial charge in [-0.2, -0.15) is 0 Å². The Labute approximate surface area is 164 Å². The molecule has 0 saturated heterocycles. The first kappa shape index (κ1) is 19.0. The van der Waals surface area contributed by atoms with Gasteiger partial charge in [0.25, 0.3) is 0 Å². The fourth-order valence-corrected chi connectivity index (χ4v) is 3.31. The van der Waals surface area contributed by atoms with Crippen LogP contribution >= 0.6 is 11.6 Å². The predicted octanol–water partition coefficient (Wildman–Crippen LogP) is 5.71. The van der Waals surface area contributed by atoms with Crippen molar-refractivity contribution in [3.05, 3.63) is 99.6 Å². The summed E-state index contributed by atoms with van der Waals surface area (Å²) < 4.78 is 6.09. The number of hydrogen-bond donors (Lipinski definition) is 1. The highest BCUT2D eigenvalue weighted by Crippen LogP contribution is 2.30. The molecule has 0 aliphatic rings. The number of carboxylic acids is 1. The predicted molar refractivity (Wildman–Crippen MR) is 108 cm³/mol. The molecular weight excluding hydrogens is 360 g/mol. The number of carboxylic acid groups (broad SMARTS) is 1. The lowest BCUT2D eigenvalue weighted by molar-refractivity contribution is 0.0697. The van der Waals surface area contributed by atoms with Gasteiger partial charge < -0.3 is 9.84 Å². The Kier molecular flexibility index (Phi) is 6.15. The van der Waals surface area contributed by atoms with Gasteiger partial charge in [-0.05, 0) is 66.3 Å². The van der Waals surface area contributed by atoms with E-state index in [9.17, 15) is 4.79 Å². The molecule has 27 heavy (non-hydrogen) atoms. The molecule has 3 nitrogen and oxygen atoms in total. The van der Waals surface area contributed by atoms with Crippen LogP contribution < -0.4 is 4.74 Å². The Hall–Kier alpha value is -2.78. The van der Waals surface area contributed by atoms with Gasteiger partial charge >= 0.3 is 5.97 Å². The maximum absolute atomic E-state index is 11.0. The SMILES string of the molecule is Cc1cc(Cl)cc(CCc2ccccc2)c1OCc1ccc(C(=O)O)cc1. The Morgan fingerprint density at radius 2 is 1.67 bits per heavy atom. The van der Waals surface area contributed by atoms with Crippen molar-refractivity contribution in [3.63, 3.8) is 0 Å². The van der Waals surface area contributed by atoms with Crippen molar-refractivity contribution in [2.45, 2.75) is 26.4 Å². The minimum absolute atomic E-state index is 0.268. The molecular formula is C23H21ClO3. The number of benzene rings is 3. The highest BCUT2D eigenvalue weighted by atomic mass is 35.5. The second-order valence-electron chi connectivity index (χ2n) is 6.49. The first-order chi connectivity index (χ1) is 13.0. The third-order valence-corrected chi connectivity index (χ3v) is 4.64. The van der Waals surface area contributed by atoms with Crippen molar-refractivity contribution in [3.8, 4) is 5.75 Å². The molecule has 0 saturated carbocycles. The van der Waals surface area contributed by atoms with Gasteiger partial charge in [-0.15, -0.1) is 0 Å². The Morgan fingerprint density at radius 3 is 2.33 bits per heavy atom. The molecule has 4 heteroatoms. The summed E-state index contributed by atoms with van der Waals surface area (Å²) in [6.07, 6.45) is 1.74. The van der Waals surface area contributed by atoms with E-state index in [1.807, 2.05) is 37.3 Å². The van der Waals surface area contributed by atoms with E-state index in [-0.39, 0.29) is 5.56 Å². The highest BCUT2D eigenvalue weighted by Gasteiger charge is 2.11. The van der Waals surface area contributed by atoms with Gasteiger partial charge in [-0.3, -0.25) is 0 Å². The summed E-state index contributed by atoms with van der Waals surface area (Å²) in [4.78, 5) is 11.0. The van der Waals surface area contributed by atoms with Crippen molar-refractivity contribution in [2.24, 2.45) is 0 Å². The van der Waals surface area contributed by atoms with E-state index >= 15 is 0 Å². The van der Waals surface area contributed by atoms with Crippen molar-refractivity contribution >= 4 is 17.6 Å². The fraction of sp³-hybridized carbons (Fsp3) is 0.174. The van der Waals surface area contributed by atoms with Crippen LogP contribution in [0.1, 0.15) is 32.6 Å². The maximum Gasteiger partial charge on any atom is 0.335 e. The summed E-state index contributed by atoms with van der Waals surface area (Å²) >= 11 is 6.26. The molecule has 0 aromatic heterocycles. The molecule has 138 valence electrons. The third kappa shape index (κ3) is 5.11. The summed E-state index contributed by atoms with van der Waals surface area (Å²) in [6.45, 7) is 2.36. The molecule has 0 aliphatic carbocycles. The van der Waals surface area contributed by atoms with E-state index in [1.54, 1.807) is 24.3 Å². The Bertz CT molecular complexity index is 918. The molecule has 0 heterocycles. The van der Waals surface area contributed by atoms with Crippen LogP contribution in [-0.4, -0.2) is 11.1 Å². The minimum Gasteiger partial charge on any atom is -0.488 e. The number of aromatic carboxylic acids is 1. The lowest BCUT2D eigenvalue weighted by atomic mass is 10.0. The Balaban J connectivity index is 1.74. The van der Waals surface area contributed by atoms with Gasteiger partial charge in [0.15, 0.2) is 0 Å². The summed E-state index contributed by atoms with van der Waals surface area (Å²) in [6, 6.07) is 20.9. The van der Waals surface area contributed by atoms with E-state index < -0.39 is 5.97 Å². The quantitative estimate of drug-likeness (QED) is 0.571. The molecule has 0 aliphatic heterocycles. The molecule has 3 aromatic rings. The van der Waals surface area contributed by atoms with Gasteiger partial charge in [-0.1, -0.05) is 54.1 Å². The van der Waals surface area contributed by atoms with Crippen LogP contribution in [0.15, 0.2) is 66.7 Å². The summed E-state index contributed by atoms with van der Waals surface area (Å²) in [5.74, 6) is -0.0862. The third-order valence-electron chi connectivity index (χ3n) is 4.43. The van der Waals surface area contributed by atoms with E-state index in [0.29, 0.717) is 11.6 Å². The molecule has 3 aromatic carbocycles. The normalized spacial score (nSPS) is 10.6. The van der Waals surface area contributed by atoms with Gasteiger partial charge in [0.05, 0.1) is 5.56 Å². The summed E-state index contributed by atoms with van der Waals surface area (Å²) in [5.41, 5.74) is 4.53. The second kappa shape index (κ2) is 8.74. The van der Waals surface area contributed by atoms with E-state index in [1.165, 1.54) is 5.56 Å². The van der Waals surface area contributed by atoms with E-state index in [0.717, 1.165) is 35.3 Å². The van der Waals surface area contributed by atoms with Gasteiger partial charge in [0, 0.05) is 5.02 Å². The number of rotatable bonds is 7. The molecule has 1 N–H and O–H groups in total. The monoisotopic (exact) mass is 380 g/mol. The molecule has 3 rings (SSSR count). The fourth-order valence-electron chi connectivity index (χ4n) is 3.01. The maximum atomic E-state index is 11.0. The van der Waals surface area contributed by atoms with Gasteiger partial charge in [-0.25, -0.2) is 4.79 Å². The number of ether oxygens (including phenoxy) is 1. The molecule has 0 bridgehead atoms. The van der Waals surface area contributed by atoms with Gasteiger partial charge in [0.1, 0.15) is 12.4 Å². The highest BCUT2D eigenvalue weighted by molar-refractivity contribution is 6.30. The average Bonchev–Trinajstić information content (AvgIpc) is 2.66. The summed E-state index contributed by atoms with van der Waals surface area (Å²) in [7, 11) is 0. The van der Waals surface area contributed by atoms with Crippen LogP contribution in [0.2, 0.25) is 5.02 Å². The van der Waals surface area contributed by atoms with Crippen LogP contribution in [0.5, 0.6) is 5.75 Å². The van der Waals surface area contributed by atoms with Crippen molar-refractivity contribution in [1.82, 2.24) is 0 Å². The topological polar surface area (TPSA) is 46.5 Å². The zero-order valence-corrected chi connectivity index (χ0v) is 15.9. The summed E-state index contributed by atoms with van der Waals surface area (Å²) in [5, 5.41) is 9.69. The molecule has 0 atom stereocenters. The van der Waals surface area contributed by atoms with Crippen molar-refractivity contribution in [1.29, 1.82) is 0 Å². The standard InChI is InChI=1S/C23H21ClO3/c1-16-13-21(24)14-20(12-7-17-5-3-2-4-6-17)22(16)27-15-18-8-10-19(11-9-18)23(25)26/h2-6,8-11,13-14H,7,12,15H2,1H3,(H,25,26). The van der Waals surface area contributed by atoms with Crippen LogP contribution in [0.25, 0.3) is 0 Å². The number of halogens is 1. The van der Waals surface area contributed by atoms with E-state index in [4.69, 9.17) is 21.4 Å². The lowest BCUT2D eigenvalue weighted by Gasteiger charge is -2.15. The Morgan fingerprint density at radius 1 is 0.963 bits per heavy atom. The lowest BCUT2D eigenvalue weighted by Crippen LogP contribution is -2.03.